The minimum Gasteiger partial charge on any atom is -0.256 e. The smallest absolute Gasteiger partial charge is 0.165 e. The predicted molar refractivity (Wildman–Crippen MR) is 190 cm³/mol. The van der Waals surface area contributed by atoms with E-state index in [9.17, 15) is 0 Å². The SMILES string of the molecule is c1ccc(-c2nc(-c3ccc4c(c3)-c3ncccc3C43C4CC5CC(C4)CC3C5)nc(-c3cccc4c3sc3ccccc34)n2)cc1. The molecule has 0 atom stereocenters. The number of rotatable bonds is 3. The highest BCUT2D eigenvalue weighted by Gasteiger charge is 2.61. The molecule has 4 bridgehead atoms. The average Bonchev–Trinajstić information content (AvgIpc) is 3.64. The number of fused-ring (bicyclic) bond motifs is 6. The second kappa shape index (κ2) is 9.65. The average molecular weight is 625 g/mol. The van der Waals surface area contributed by atoms with E-state index in [0.29, 0.717) is 29.3 Å². The highest BCUT2D eigenvalue weighted by atomic mass is 32.1. The standard InChI is InChI=1S/C42H32N4S/c1-2-8-26(9-3-1)39-44-40(46-41(45-39)32-12-6-11-31-30-10-4-5-14-36(30)47-38(31)32)27-15-16-34-33(23-27)37-35(13-7-17-43-37)42(34)28-19-24-18-25(21-28)22-29(42)20-24/h1-17,23-25,28-29H,18-22H2. The molecule has 0 radical (unpaired) electrons. The van der Waals surface area contributed by atoms with Gasteiger partial charge in [0.25, 0.3) is 0 Å². The van der Waals surface area contributed by atoms with Crippen molar-refractivity contribution in [2.24, 2.45) is 23.7 Å². The minimum absolute atomic E-state index is 0.0984. The van der Waals surface area contributed by atoms with E-state index in [2.05, 4.69) is 84.9 Å². The molecule has 7 aromatic rings. The number of hydrogen-bond acceptors (Lipinski definition) is 5. The zero-order chi connectivity index (χ0) is 30.7. The first-order chi connectivity index (χ1) is 23.2. The van der Waals surface area contributed by atoms with Crippen LogP contribution in [0.2, 0.25) is 0 Å². The maximum Gasteiger partial charge on any atom is 0.165 e. The van der Waals surface area contributed by atoms with Gasteiger partial charge in [0.15, 0.2) is 17.5 Å². The number of aromatic nitrogens is 4. The fourth-order valence-corrected chi connectivity index (χ4v) is 11.6. The van der Waals surface area contributed by atoms with Crippen LogP contribution in [0.1, 0.15) is 43.2 Å². The molecule has 4 aromatic carbocycles. The molecule has 12 rings (SSSR count). The Morgan fingerprint density at radius 1 is 0.553 bits per heavy atom. The van der Waals surface area contributed by atoms with E-state index < -0.39 is 0 Å². The molecule has 3 heterocycles. The largest absolute Gasteiger partial charge is 0.256 e. The summed E-state index contributed by atoms with van der Waals surface area (Å²) < 4.78 is 2.48. The molecule has 4 fully saturated rings. The summed E-state index contributed by atoms with van der Waals surface area (Å²) in [6, 6.07) is 37.0. The fourth-order valence-electron chi connectivity index (χ4n) is 10.4. The van der Waals surface area contributed by atoms with E-state index in [0.717, 1.165) is 28.5 Å². The van der Waals surface area contributed by atoms with Crippen molar-refractivity contribution in [1.29, 1.82) is 0 Å². The molecule has 1 spiro atoms. The van der Waals surface area contributed by atoms with Gasteiger partial charge in [-0.3, -0.25) is 4.98 Å². The number of benzene rings is 4. The van der Waals surface area contributed by atoms with Crippen LogP contribution in [0.5, 0.6) is 0 Å². The van der Waals surface area contributed by atoms with Crippen molar-refractivity contribution in [1.82, 2.24) is 19.9 Å². The summed E-state index contributed by atoms with van der Waals surface area (Å²) in [5.41, 5.74) is 8.57. The van der Waals surface area contributed by atoms with Gasteiger partial charge in [-0.25, -0.2) is 15.0 Å². The van der Waals surface area contributed by atoms with Crippen LogP contribution in [0.4, 0.5) is 0 Å². The zero-order valence-corrected chi connectivity index (χ0v) is 26.8. The number of pyridine rings is 1. The lowest BCUT2D eigenvalue weighted by Crippen LogP contribution is -2.55. The van der Waals surface area contributed by atoms with Crippen LogP contribution in [0, 0.1) is 23.7 Å². The number of thiophene rings is 1. The van der Waals surface area contributed by atoms with Gasteiger partial charge in [0.1, 0.15) is 0 Å². The van der Waals surface area contributed by atoms with E-state index in [1.165, 1.54) is 74.7 Å². The first kappa shape index (κ1) is 26.3. The van der Waals surface area contributed by atoms with Crippen molar-refractivity contribution in [3.05, 3.63) is 120 Å². The van der Waals surface area contributed by atoms with E-state index in [-0.39, 0.29) is 5.41 Å². The Bertz CT molecular complexity index is 2360. The summed E-state index contributed by atoms with van der Waals surface area (Å²) >= 11 is 1.81. The summed E-state index contributed by atoms with van der Waals surface area (Å²) in [4.78, 5) is 20.6. The highest BCUT2D eigenvalue weighted by molar-refractivity contribution is 7.26. The lowest BCUT2D eigenvalue weighted by Gasteiger charge is -2.61. The summed E-state index contributed by atoms with van der Waals surface area (Å²) in [7, 11) is 0. The van der Waals surface area contributed by atoms with Gasteiger partial charge < -0.3 is 0 Å². The normalized spacial score (nSPS) is 25.1. The Balaban J connectivity index is 1.12. The summed E-state index contributed by atoms with van der Waals surface area (Å²) in [6.07, 6.45) is 8.89. The van der Waals surface area contributed by atoms with Crippen molar-refractivity contribution in [3.8, 4) is 45.4 Å². The minimum atomic E-state index is 0.0984. The third-order valence-electron chi connectivity index (χ3n) is 12.0. The van der Waals surface area contributed by atoms with Crippen LogP contribution in [-0.2, 0) is 5.41 Å². The van der Waals surface area contributed by atoms with E-state index >= 15 is 0 Å². The van der Waals surface area contributed by atoms with Gasteiger partial charge in [-0.05, 0) is 91.2 Å². The molecule has 5 aliphatic rings. The van der Waals surface area contributed by atoms with Crippen LogP contribution in [0.3, 0.4) is 0 Å². The van der Waals surface area contributed by atoms with Crippen molar-refractivity contribution in [2.45, 2.75) is 37.5 Å². The molecule has 5 aliphatic carbocycles. The predicted octanol–water partition coefficient (Wildman–Crippen LogP) is 10.4. The van der Waals surface area contributed by atoms with Crippen LogP contribution in [-0.4, -0.2) is 19.9 Å². The number of nitrogens with zero attached hydrogens (tertiary/aromatic N) is 4. The van der Waals surface area contributed by atoms with Gasteiger partial charge in [-0.1, -0.05) is 78.9 Å². The summed E-state index contributed by atoms with van der Waals surface area (Å²) in [5, 5.41) is 2.52. The van der Waals surface area contributed by atoms with Gasteiger partial charge in [0, 0.05) is 54.0 Å². The van der Waals surface area contributed by atoms with Gasteiger partial charge in [-0.15, -0.1) is 11.3 Å². The molecule has 226 valence electrons. The molecule has 47 heavy (non-hydrogen) atoms. The van der Waals surface area contributed by atoms with Crippen LogP contribution >= 0.6 is 11.3 Å². The van der Waals surface area contributed by atoms with E-state index in [1.54, 1.807) is 0 Å². The Morgan fingerprint density at radius 2 is 1.28 bits per heavy atom. The summed E-state index contributed by atoms with van der Waals surface area (Å²) in [6.45, 7) is 0. The van der Waals surface area contributed by atoms with Crippen LogP contribution < -0.4 is 0 Å². The van der Waals surface area contributed by atoms with Gasteiger partial charge in [-0.2, -0.15) is 0 Å². The molecular formula is C42H32N4S. The monoisotopic (exact) mass is 624 g/mol. The maximum atomic E-state index is 5.24. The molecule has 5 heteroatoms. The second-order valence-electron chi connectivity index (χ2n) is 14.3. The van der Waals surface area contributed by atoms with Gasteiger partial charge in [0.2, 0.25) is 0 Å². The van der Waals surface area contributed by atoms with Crippen molar-refractivity contribution in [2.75, 3.05) is 0 Å². The zero-order valence-electron chi connectivity index (χ0n) is 25.9. The van der Waals surface area contributed by atoms with E-state index in [1.807, 2.05) is 35.7 Å². The van der Waals surface area contributed by atoms with Gasteiger partial charge >= 0.3 is 0 Å². The maximum absolute atomic E-state index is 5.24. The van der Waals surface area contributed by atoms with Crippen molar-refractivity contribution < 1.29 is 0 Å². The lowest BCUT2D eigenvalue weighted by atomic mass is 9.43. The molecule has 3 aromatic heterocycles. The Kier molecular flexibility index (Phi) is 5.41. The Hall–Kier alpha value is -4.74. The quantitative estimate of drug-likeness (QED) is 0.196. The summed E-state index contributed by atoms with van der Waals surface area (Å²) in [5.74, 6) is 5.36. The second-order valence-corrected chi connectivity index (χ2v) is 15.3. The molecule has 0 aliphatic heterocycles. The molecule has 0 amide bonds. The molecular weight excluding hydrogens is 593 g/mol. The molecule has 0 saturated heterocycles. The third-order valence-corrected chi connectivity index (χ3v) is 13.2. The highest BCUT2D eigenvalue weighted by Crippen LogP contribution is 2.69. The number of hydrogen-bond donors (Lipinski definition) is 0. The fraction of sp³-hybridized carbons (Fsp3) is 0.238. The van der Waals surface area contributed by atoms with Crippen LogP contribution in [0.15, 0.2) is 109 Å². The van der Waals surface area contributed by atoms with Crippen molar-refractivity contribution >= 4 is 31.5 Å². The lowest BCUT2D eigenvalue weighted by molar-refractivity contribution is -0.0400. The van der Waals surface area contributed by atoms with Gasteiger partial charge in [0.05, 0.1) is 5.69 Å². The Morgan fingerprint density at radius 3 is 2.11 bits per heavy atom. The van der Waals surface area contributed by atoms with Crippen LogP contribution in [0.25, 0.3) is 65.6 Å². The molecule has 4 nitrogen and oxygen atoms in total. The molecule has 0 N–H and O–H groups in total. The first-order valence-corrected chi connectivity index (χ1v) is 17.9. The Labute approximate surface area is 277 Å². The third kappa shape index (κ3) is 3.64. The molecule has 0 unspecified atom stereocenters. The first-order valence-electron chi connectivity index (χ1n) is 17.1. The van der Waals surface area contributed by atoms with E-state index in [4.69, 9.17) is 19.9 Å². The topological polar surface area (TPSA) is 51.6 Å². The molecule has 4 saturated carbocycles. The van der Waals surface area contributed by atoms with Crippen molar-refractivity contribution in [3.63, 3.8) is 0 Å².